The normalized spacial score (nSPS) is 21.3. The molecule has 5 rings (SSSR count). The molecular formula is C23H21NOS. The summed E-state index contributed by atoms with van der Waals surface area (Å²) in [5, 5.41) is 8.22. The highest BCUT2D eigenvalue weighted by molar-refractivity contribution is 7.10. The van der Waals surface area contributed by atoms with E-state index < -0.39 is 0 Å². The van der Waals surface area contributed by atoms with Crippen molar-refractivity contribution in [3.63, 3.8) is 0 Å². The molecule has 0 saturated carbocycles. The molecule has 1 aromatic heterocycles. The Morgan fingerprint density at radius 3 is 2.69 bits per heavy atom. The quantitative estimate of drug-likeness (QED) is 0.559. The van der Waals surface area contributed by atoms with Crippen molar-refractivity contribution in [2.75, 3.05) is 5.32 Å². The van der Waals surface area contributed by atoms with E-state index >= 15 is 0 Å². The van der Waals surface area contributed by atoms with Crippen molar-refractivity contribution in [1.82, 2.24) is 0 Å². The Kier molecular flexibility index (Phi) is 3.38. The number of hydrogen-bond donors (Lipinski definition) is 1. The maximum Gasteiger partial charge on any atom is 0.164 e. The molecule has 0 bridgehead atoms. The van der Waals surface area contributed by atoms with E-state index in [1.54, 1.807) is 11.3 Å². The Morgan fingerprint density at radius 2 is 1.88 bits per heavy atom. The van der Waals surface area contributed by atoms with Gasteiger partial charge in [-0.1, -0.05) is 50.2 Å². The van der Waals surface area contributed by atoms with Gasteiger partial charge >= 0.3 is 0 Å². The highest BCUT2D eigenvalue weighted by atomic mass is 32.1. The first kappa shape index (κ1) is 15.8. The molecule has 2 aromatic carbocycles. The summed E-state index contributed by atoms with van der Waals surface area (Å²) in [6, 6.07) is 17.0. The molecule has 1 atom stereocenters. The number of carbonyl (C=O) groups is 1. The van der Waals surface area contributed by atoms with E-state index in [1.165, 1.54) is 21.2 Å². The van der Waals surface area contributed by atoms with Gasteiger partial charge in [0.1, 0.15) is 0 Å². The number of rotatable bonds is 1. The summed E-state index contributed by atoms with van der Waals surface area (Å²) in [6.45, 7) is 4.41. The minimum atomic E-state index is 0.00912. The van der Waals surface area contributed by atoms with Crippen molar-refractivity contribution >= 4 is 39.2 Å². The summed E-state index contributed by atoms with van der Waals surface area (Å²) in [5.74, 6) is 0.289. The third kappa shape index (κ3) is 2.34. The number of fused-ring (bicyclic) bond motifs is 4. The SMILES string of the molecule is CC1(C)CC(=O)C2=C(C1)C(c1cccs1)Nc1ccc3ccccc3c12. The van der Waals surface area contributed by atoms with Gasteiger partial charge in [-0.25, -0.2) is 0 Å². The van der Waals surface area contributed by atoms with Crippen LogP contribution in [0.4, 0.5) is 5.69 Å². The monoisotopic (exact) mass is 359 g/mol. The summed E-state index contributed by atoms with van der Waals surface area (Å²) < 4.78 is 0. The zero-order valence-corrected chi connectivity index (χ0v) is 15.8. The van der Waals surface area contributed by atoms with E-state index in [0.29, 0.717) is 6.42 Å². The van der Waals surface area contributed by atoms with Crippen LogP contribution in [0.25, 0.3) is 16.3 Å². The van der Waals surface area contributed by atoms with Crippen molar-refractivity contribution < 1.29 is 4.79 Å². The molecule has 0 radical (unpaired) electrons. The van der Waals surface area contributed by atoms with Crippen molar-refractivity contribution in [2.45, 2.75) is 32.7 Å². The molecule has 0 saturated heterocycles. The van der Waals surface area contributed by atoms with Crippen LogP contribution in [0.2, 0.25) is 0 Å². The summed E-state index contributed by atoms with van der Waals surface area (Å²) in [7, 11) is 0. The topological polar surface area (TPSA) is 29.1 Å². The minimum Gasteiger partial charge on any atom is -0.373 e. The number of allylic oxidation sites excluding steroid dienone is 1. The molecule has 130 valence electrons. The van der Waals surface area contributed by atoms with Crippen LogP contribution in [0, 0.1) is 5.41 Å². The lowest BCUT2D eigenvalue weighted by atomic mass is 9.68. The zero-order chi connectivity index (χ0) is 17.9. The van der Waals surface area contributed by atoms with Gasteiger partial charge in [-0.05, 0) is 45.7 Å². The van der Waals surface area contributed by atoms with Crippen LogP contribution in [0.15, 0.2) is 59.5 Å². The van der Waals surface area contributed by atoms with Gasteiger partial charge in [0.25, 0.3) is 0 Å². The smallest absolute Gasteiger partial charge is 0.164 e. The van der Waals surface area contributed by atoms with Gasteiger partial charge < -0.3 is 5.32 Å². The largest absolute Gasteiger partial charge is 0.373 e. The molecule has 0 fully saturated rings. The molecule has 2 nitrogen and oxygen atoms in total. The van der Waals surface area contributed by atoms with Gasteiger partial charge in [-0.2, -0.15) is 0 Å². The third-order valence-electron chi connectivity index (χ3n) is 5.56. The van der Waals surface area contributed by atoms with Crippen LogP contribution < -0.4 is 5.32 Å². The third-order valence-corrected chi connectivity index (χ3v) is 6.50. The van der Waals surface area contributed by atoms with Gasteiger partial charge in [0.15, 0.2) is 5.78 Å². The Balaban J connectivity index is 1.83. The van der Waals surface area contributed by atoms with E-state index in [-0.39, 0.29) is 17.2 Å². The average Bonchev–Trinajstić information content (AvgIpc) is 3.14. The first-order valence-electron chi connectivity index (χ1n) is 9.12. The van der Waals surface area contributed by atoms with Crippen molar-refractivity contribution in [3.05, 3.63) is 69.9 Å². The van der Waals surface area contributed by atoms with Gasteiger partial charge in [0.05, 0.1) is 6.04 Å². The predicted molar refractivity (Wildman–Crippen MR) is 110 cm³/mol. The second-order valence-electron chi connectivity index (χ2n) is 8.14. The number of Topliss-reactive ketones (excluding diaryl/α,β-unsaturated/α-hetero) is 1. The second kappa shape index (κ2) is 5.55. The first-order chi connectivity index (χ1) is 12.5. The maximum absolute atomic E-state index is 13.3. The van der Waals surface area contributed by atoms with Crippen LogP contribution in [0.5, 0.6) is 0 Å². The summed E-state index contributed by atoms with van der Waals surface area (Å²) in [4.78, 5) is 14.6. The highest BCUT2D eigenvalue weighted by Gasteiger charge is 2.40. The van der Waals surface area contributed by atoms with Crippen molar-refractivity contribution in [2.24, 2.45) is 5.41 Å². The number of thiophene rings is 1. The second-order valence-corrected chi connectivity index (χ2v) is 9.12. The van der Waals surface area contributed by atoms with Crippen LogP contribution >= 0.6 is 11.3 Å². The molecule has 3 heteroatoms. The molecule has 1 unspecified atom stereocenters. The van der Waals surface area contributed by atoms with Gasteiger partial charge in [0, 0.05) is 28.1 Å². The number of hydrogen-bond acceptors (Lipinski definition) is 3. The molecule has 0 spiro atoms. The van der Waals surface area contributed by atoms with Crippen LogP contribution in [0.3, 0.4) is 0 Å². The summed E-state index contributed by atoms with van der Waals surface area (Å²) in [6.07, 6.45) is 1.57. The molecule has 2 aliphatic rings. The zero-order valence-electron chi connectivity index (χ0n) is 15.0. The average molecular weight is 359 g/mol. The number of anilines is 1. The predicted octanol–water partition coefficient (Wildman–Crippen LogP) is 6.21. The fourth-order valence-corrected chi connectivity index (χ4v) is 5.33. The Morgan fingerprint density at radius 1 is 1.04 bits per heavy atom. The summed E-state index contributed by atoms with van der Waals surface area (Å²) in [5.41, 5.74) is 4.42. The fourth-order valence-electron chi connectivity index (χ4n) is 4.52. The minimum absolute atomic E-state index is 0.00912. The lowest BCUT2D eigenvalue weighted by Crippen LogP contribution is -2.32. The van der Waals surface area contributed by atoms with Gasteiger partial charge in [-0.3, -0.25) is 4.79 Å². The standard InChI is InChI=1S/C23H21NOS/c1-23(2)12-16-21(18(25)13-23)20-15-7-4-3-6-14(15)9-10-17(20)24-22(16)19-8-5-11-26-19/h3-11,22,24H,12-13H2,1-2H3. The van der Waals surface area contributed by atoms with E-state index in [2.05, 4.69) is 73.1 Å². The number of nitrogens with one attached hydrogen (secondary N) is 1. The number of carbonyl (C=O) groups excluding carboxylic acids is 1. The van der Waals surface area contributed by atoms with Crippen LogP contribution in [-0.2, 0) is 4.79 Å². The van der Waals surface area contributed by atoms with E-state index in [9.17, 15) is 4.79 Å². The molecule has 1 N–H and O–H groups in total. The molecule has 3 aromatic rings. The molecular weight excluding hydrogens is 338 g/mol. The van der Waals surface area contributed by atoms with Crippen molar-refractivity contribution in [1.29, 1.82) is 0 Å². The molecule has 1 aliphatic carbocycles. The molecule has 2 heterocycles. The van der Waals surface area contributed by atoms with Crippen LogP contribution in [0.1, 0.15) is 43.2 Å². The van der Waals surface area contributed by atoms with Gasteiger partial charge in [0.2, 0.25) is 0 Å². The van der Waals surface area contributed by atoms with Crippen molar-refractivity contribution in [3.8, 4) is 0 Å². The number of ketones is 1. The van der Waals surface area contributed by atoms with Crippen LogP contribution in [-0.4, -0.2) is 5.78 Å². The molecule has 1 aliphatic heterocycles. The highest BCUT2D eigenvalue weighted by Crippen LogP contribution is 2.52. The summed E-state index contributed by atoms with van der Waals surface area (Å²) >= 11 is 1.76. The number of benzene rings is 2. The van der Waals surface area contributed by atoms with Gasteiger partial charge in [-0.15, -0.1) is 11.3 Å². The molecule has 26 heavy (non-hydrogen) atoms. The maximum atomic E-state index is 13.3. The first-order valence-corrected chi connectivity index (χ1v) is 10.00. The van der Waals surface area contributed by atoms with E-state index in [0.717, 1.165) is 23.2 Å². The Hall–Kier alpha value is -2.39. The molecule has 0 amide bonds. The lowest BCUT2D eigenvalue weighted by molar-refractivity contribution is -0.116. The Bertz CT molecular complexity index is 1060. The Labute approximate surface area is 157 Å². The lowest BCUT2D eigenvalue weighted by Gasteiger charge is -2.40. The fraction of sp³-hybridized carbons (Fsp3) is 0.261. The van der Waals surface area contributed by atoms with E-state index in [1.807, 2.05) is 0 Å². The van der Waals surface area contributed by atoms with E-state index in [4.69, 9.17) is 0 Å².